The highest BCUT2D eigenvalue weighted by molar-refractivity contribution is 7.99. The van der Waals surface area contributed by atoms with Gasteiger partial charge in [0.25, 0.3) is 5.56 Å². The Morgan fingerprint density at radius 1 is 1.17 bits per heavy atom. The topological polar surface area (TPSA) is 98.6 Å². The standard InChI is InChI=1S/C22H20N4O2S/c1-13-9-14(2)19(15(3)10-13)24-18(27)12-29-22-25-20(16-7-5-4-6-8-16)17(11-23)21(28)26-22/h4-10H,12H2,1-3H3,(H,24,27)(H,25,26,28). The first-order valence-corrected chi connectivity index (χ1v) is 9.98. The Labute approximate surface area is 173 Å². The molecule has 3 aromatic rings. The van der Waals surface area contributed by atoms with Gasteiger partial charge in [0.05, 0.1) is 11.4 Å². The average Bonchev–Trinajstić information content (AvgIpc) is 2.69. The number of aromatic amines is 1. The maximum absolute atomic E-state index is 12.4. The molecule has 0 unspecified atom stereocenters. The number of benzene rings is 2. The summed E-state index contributed by atoms with van der Waals surface area (Å²) in [5, 5.41) is 12.5. The monoisotopic (exact) mass is 404 g/mol. The zero-order valence-electron chi connectivity index (χ0n) is 16.4. The van der Waals surface area contributed by atoms with Gasteiger partial charge in [0.15, 0.2) is 5.16 Å². The molecule has 0 atom stereocenters. The van der Waals surface area contributed by atoms with Crippen LogP contribution in [0.2, 0.25) is 0 Å². The van der Waals surface area contributed by atoms with Gasteiger partial charge in [-0.15, -0.1) is 0 Å². The minimum Gasteiger partial charge on any atom is -0.325 e. The van der Waals surface area contributed by atoms with Crippen LogP contribution in [0.15, 0.2) is 52.4 Å². The van der Waals surface area contributed by atoms with Gasteiger partial charge in [-0.3, -0.25) is 9.59 Å². The fourth-order valence-corrected chi connectivity index (χ4v) is 3.78. The number of amides is 1. The summed E-state index contributed by atoms with van der Waals surface area (Å²) in [6.07, 6.45) is 0. The normalized spacial score (nSPS) is 10.4. The van der Waals surface area contributed by atoms with Crippen molar-refractivity contribution < 1.29 is 4.79 Å². The number of nitriles is 1. The van der Waals surface area contributed by atoms with Gasteiger partial charge < -0.3 is 10.3 Å². The number of hydrogen-bond donors (Lipinski definition) is 2. The van der Waals surface area contributed by atoms with Crippen LogP contribution in [0.25, 0.3) is 11.3 Å². The molecular formula is C22H20N4O2S. The van der Waals surface area contributed by atoms with Gasteiger partial charge in [-0.1, -0.05) is 59.8 Å². The van der Waals surface area contributed by atoms with Crippen LogP contribution in [0.1, 0.15) is 22.3 Å². The third-order valence-corrected chi connectivity index (χ3v) is 5.21. The van der Waals surface area contributed by atoms with Gasteiger partial charge in [0.1, 0.15) is 11.6 Å². The highest BCUT2D eigenvalue weighted by Gasteiger charge is 2.15. The van der Waals surface area contributed by atoms with Crippen LogP contribution >= 0.6 is 11.8 Å². The summed E-state index contributed by atoms with van der Waals surface area (Å²) in [6, 6.07) is 15.0. The Morgan fingerprint density at radius 3 is 2.45 bits per heavy atom. The van der Waals surface area contributed by atoms with Crippen LogP contribution in [0.3, 0.4) is 0 Å². The number of aryl methyl sites for hydroxylation is 3. The maximum Gasteiger partial charge on any atom is 0.270 e. The molecule has 0 fully saturated rings. The molecule has 1 aromatic heterocycles. The van der Waals surface area contributed by atoms with Gasteiger partial charge in [-0.2, -0.15) is 5.26 Å². The minimum atomic E-state index is -0.519. The number of nitrogens with zero attached hydrogens (tertiary/aromatic N) is 2. The van der Waals surface area contributed by atoms with Gasteiger partial charge in [-0.25, -0.2) is 4.98 Å². The summed E-state index contributed by atoms with van der Waals surface area (Å²) in [5.74, 6) is -0.117. The van der Waals surface area contributed by atoms with Gasteiger partial charge >= 0.3 is 0 Å². The number of thioether (sulfide) groups is 1. The van der Waals surface area contributed by atoms with Crippen molar-refractivity contribution in [3.63, 3.8) is 0 Å². The van der Waals surface area contributed by atoms with E-state index in [0.717, 1.165) is 34.1 Å². The summed E-state index contributed by atoms with van der Waals surface area (Å²) < 4.78 is 0. The molecule has 6 nitrogen and oxygen atoms in total. The fourth-order valence-electron chi connectivity index (χ4n) is 3.12. The molecule has 0 radical (unpaired) electrons. The van der Waals surface area contributed by atoms with Crippen LogP contribution in [0.4, 0.5) is 5.69 Å². The van der Waals surface area contributed by atoms with Gasteiger partial charge in [0, 0.05) is 11.3 Å². The molecule has 146 valence electrons. The van der Waals surface area contributed by atoms with E-state index in [0.29, 0.717) is 16.4 Å². The number of hydrogen-bond acceptors (Lipinski definition) is 5. The quantitative estimate of drug-likeness (QED) is 0.495. The largest absolute Gasteiger partial charge is 0.325 e. The van der Waals surface area contributed by atoms with E-state index in [4.69, 9.17) is 0 Å². The summed E-state index contributed by atoms with van der Waals surface area (Å²) >= 11 is 1.12. The predicted octanol–water partition coefficient (Wildman–Crippen LogP) is 3.96. The third-order valence-electron chi connectivity index (χ3n) is 4.34. The number of H-pyrrole nitrogens is 1. The van der Waals surface area contributed by atoms with Crippen molar-refractivity contribution in [1.29, 1.82) is 5.26 Å². The minimum absolute atomic E-state index is 0.0455. The van der Waals surface area contributed by atoms with Gasteiger partial charge in [0.2, 0.25) is 5.91 Å². The Morgan fingerprint density at radius 2 is 1.83 bits per heavy atom. The molecule has 2 N–H and O–H groups in total. The van der Waals surface area contributed by atoms with E-state index < -0.39 is 5.56 Å². The lowest BCUT2D eigenvalue weighted by Gasteiger charge is -2.12. The second kappa shape index (κ2) is 8.76. The summed E-state index contributed by atoms with van der Waals surface area (Å²) in [7, 11) is 0. The molecule has 3 rings (SSSR count). The summed E-state index contributed by atoms with van der Waals surface area (Å²) in [5.41, 5.74) is 4.35. The Balaban J connectivity index is 1.79. The van der Waals surface area contributed by atoms with Gasteiger partial charge in [-0.05, 0) is 31.9 Å². The zero-order valence-corrected chi connectivity index (χ0v) is 17.2. The van der Waals surface area contributed by atoms with E-state index >= 15 is 0 Å². The van der Waals surface area contributed by atoms with E-state index in [1.165, 1.54) is 0 Å². The number of aromatic nitrogens is 2. The van der Waals surface area contributed by atoms with Crippen LogP contribution in [-0.2, 0) is 4.79 Å². The lowest BCUT2D eigenvalue weighted by Crippen LogP contribution is -2.18. The lowest BCUT2D eigenvalue weighted by molar-refractivity contribution is -0.113. The first-order valence-electron chi connectivity index (χ1n) is 8.99. The Bertz CT molecular complexity index is 1140. The van der Waals surface area contributed by atoms with Crippen molar-refractivity contribution in [2.75, 3.05) is 11.1 Å². The molecule has 1 amide bonds. The van der Waals surface area contributed by atoms with Crippen molar-refractivity contribution in [2.24, 2.45) is 0 Å². The second-order valence-corrected chi connectivity index (χ2v) is 7.65. The number of nitrogens with one attached hydrogen (secondary N) is 2. The first kappa shape index (κ1) is 20.4. The van der Waals surface area contributed by atoms with E-state index in [2.05, 4.69) is 15.3 Å². The highest BCUT2D eigenvalue weighted by atomic mass is 32.2. The van der Waals surface area contributed by atoms with Crippen molar-refractivity contribution >= 4 is 23.4 Å². The van der Waals surface area contributed by atoms with Crippen molar-refractivity contribution in [3.8, 4) is 17.3 Å². The smallest absolute Gasteiger partial charge is 0.270 e. The number of anilines is 1. The van der Waals surface area contributed by atoms with Crippen LogP contribution in [0.5, 0.6) is 0 Å². The molecule has 0 spiro atoms. The van der Waals surface area contributed by atoms with Crippen molar-refractivity contribution in [3.05, 3.63) is 75.1 Å². The predicted molar refractivity (Wildman–Crippen MR) is 115 cm³/mol. The van der Waals surface area contributed by atoms with Crippen molar-refractivity contribution in [1.82, 2.24) is 9.97 Å². The molecule has 0 aliphatic heterocycles. The van der Waals surface area contributed by atoms with Crippen LogP contribution in [0, 0.1) is 32.1 Å². The molecule has 7 heteroatoms. The highest BCUT2D eigenvalue weighted by Crippen LogP contribution is 2.24. The third kappa shape index (κ3) is 4.73. The fraction of sp³-hybridized carbons (Fsp3) is 0.182. The number of carbonyl (C=O) groups excluding carboxylic acids is 1. The molecular weight excluding hydrogens is 384 g/mol. The summed E-state index contributed by atoms with van der Waals surface area (Å²) in [6.45, 7) is 5.92. The lowest BCUT2D eigenvalue weighted by atomic mass is 10.1. The molecule has 29 heavy (non-hydrogen) atoms. The number of rotatable bonds is 5. The number of carbonyl (C=O) groups is 1. The Hall–Kier alpha value is -3.37. The first-order chi connectivity index (χ1) is 13.9. The molecule has 2 aromatic carbocycles. The second-order valence-electron chi connectivity index (χ2n) is 6.68. The zero-order chi connectivity index (χ0) is 21.0. The summed E-state index contributed by atoms with van der Waals surface area (Å²) in [4.78, 5) is 31.7. The van der Waals surface area contributed by atoms with E-state index in [1.54, 1.807) is 12.1 Å². The average molecular weight is 404 g/mol. The van der Waals surface area contributed by atoms with Crippen molar-refractivity contribution in [2.45, 2.75) is 25.9 Å². The van der Waals surface area contributed by atoms with E-state index in [1.807, 2.05) is 57.2 Å². The molecule has 0 aliphatic rings. The van der Waals surface area contributed by atoms with E-state index in [9.17, 15) is 14.9 Å². The maximum atomic E-state index is 12.4. The SMILES string of the molecule is Cc1cc(C)c(NC(=O)CSc2nc(-c3ccccc3)c(C#N)c(=O)[nH]2)c(C)c1. The molecule has 0 bridgehead atoms. The van der Waals surface area contributed by atoms with E-state index in [-0.39, 0.29) is 17.2 Å². The Kier molecular flexibility index (Phi) is 6.15. The van der Waals surface area contributed by atoms with Crippen LogP contribution < -0.4 is 10.9 Å². The molecule has 0 saturated carbocycles. The molecule has 0 aliphatic carbocycles. The van der Waals surface area contributed by atoms with Crippen LogP contribution in [-0.4, -0.2) is 21.6 Å². The molecule has 0 saturated heterocycles. The molecule has 1 heterocycles.